The molecule has 122 valence electrons. The molecule has 0 spiro atoms. The molecule has 2 N–H and O–H groups in total. The van der Waals surface area contributed by atoms with E-state index in [1.807, 2.05) is 30.9 Å². The highest BCUT2D eigenvalue weighted by Crippen LogP contribution is 2.33. The van der Waals surface area contributed by atoms with Crippen molar-refractivity contribution < 1.29 is 5.11 Å². The molecule has 0 unspecified atom stereocenters. The number of halogens is 1. The Morgan fingerprint density at radius 3 is 2.65 bits per heavy atom. The van der Waals surface area contributed by atoms with Crippen LogP contribution in [-0.4, -0.2) is 39.6 Å². The molecular weight excluding hydrogens is 423 g/mol. The summed E-state index contributed by atoms with van der Waals surface area (Å²) in [6.07, 6.45) is 1.55. The summed E-state index contributed by atoms with van der Waals surface area (Å²) < 4.78 is 0.842. The van der Waals surface area contributed by atoms with Crippen LogP contribution >= 0.6 is 34.8 Å². The minimum atomic E-state index is -0.494. The van der Waals surface area contributed by atoms with Gasteiger partial charge < -0.3 is 10.0 Å². The van der Waals surface area contributed by atoms with E-state index in [2.05, 4.69) is 28.7 Å². The molecule has 1 heterocycles. The van der Waals surface area contributed by atoms with E-state index < -0.39 is 5.54 Å². The van der Waals surface area contributed by atoms with Gasteiger partial charge in [0.1, 0.15) is 11.9 Å². The highest BCUT2D eigenvalue weighted by molar-refractivity contribution is 14.1. The lowest BCUT2D eigenvalue weighted by molar-refractivity contribution is 0.258. The molecule has 0 aromatic heterocycles. The molecule has 0 radical (unpaired) electrons. The number of aliphatic hydroxyl groups excluding tert-OH is 1. The van der Waals surface area contributed by atoms with Crippen LogP contribution < -0.4 is 4.90 Å². The lowest BCUT2D eigenvalue weighted by atomic mass is 10.0. The van der Waals surface area contributed by atoms with Gasteiger partial charge in [0.05, 0.1) is 16.8 Å². The van der Waals surface area contributed by atoms with Gasteiger partial charge in [-0.15, -0.1) is 0 Å². The summed E-state index contributed by atoms with van der Waals surface area (Å²) in [7, 11) is 0. The summed E-state index contributed by atoms with van der Waals surface area (Å²) in [6.45, 7) is 4.83. The molecule has 1 aromatic carbocycles. The number of nitriles is 1. The van der Waals surface area contributed by atoms with Crippen LogP contribution in [0.4, 0.5) is 5.69 Å². The average Bonchev–Trinajstić information content (AvgIpc) is 2.67. The summed E-state index contributed by atoms with van der Waals surface area (Å²) in [5.41, 5.74) is 0.928. The fraction of sp³-hybridized carbons (Fsp3) is 0.438. The average molecular weight is 442 g/mol. The molecule has 1 aliphatic rings. The van der Waals surface area contributed by atoms with Crippen LogP contribution in [0.15, 0.2) is 18.2 Å². The summed E-state index contributed by atoms with van der Waals surface area (Å²) in [5, 5.41) is 27.2. The number of unbranched alkanes of at least 4 members (excludes halogenated alkanes) is 1. The summed E-state index contributed by atoms with van der Waals surface area (Å²) in [6, 6.07) is 7.62. The molecule has 1 saturated heterocycles. The van der Waals surface area contributed by atoms with E-state index in [4.69, 9.17) is 28.0 Å². The Labute approximate surface area is 155 Å². The van der Waals surface area contributed by atoms with Gasteiger partial charge in [-0.3, -0.25) is 10.3 Å². The zero-order valence-corrected chi connectivity index (χ0v) is 16.1. The smallest absolute Gasteiger partial charge is 0.182 e. The maximum atomic E-state index is 9.06. The first-order valence-corrected chi connectivity index (χ1v) is 8.84. The predicted molar refractivity (Wildman–Crippen MR) is 104 cm³/mol. The molecule has 0 bridgehead atoms. The van der Waals surface area contributed by atoms with Crippen molar-refractivity contribution in [1.29, 1.82) is 10.7 Å². The van der Waals surface area contributed by atoms with Gasteiger partial charge in [0, 0.05) is 16.7 Å². The summed E-state index contributed by atoms with van der Waals surface area (Å²) >= 11 is 7.73. The lowest BCUT2D eigenvalue weighted by Gasteiger charge is -2.30. The maximum absolute atomic E-state index is 9.06. The second-order valence-electron chi connectivity index (χ2n) is 5.88. The minimum absolute atomic E-state index is 0.163. The monoisotopic (exact) mass is 442 g/mol. The van der Waals surface area contributed by atoms with Crippen molar-refractivity contribution >= 4 is 51.4 Å². The number of hydrogen-bond acceptors (Lipinski definition) is 4. The quantitative estimate of drug-likeness (QED) is 0.417. The highest BCUT2D eigenvalue weighted by Gasteiger charge is 2.46. The highest BCUT2D eigenvalue weighted by atomic mass is 127. The number of benzene rings is 1. The number of anilines is 1. The Balaban J connectivity index is 2.33. The Morgan fingerprint density at radius 1 is 1.39 bits per heavy atom. The molecule has 0 aliphatic carbocycles. The van der Waals surface area contributed by atoms with Crippen LogP contribution in [0.3, 0.4) is 0 Å². The second-order valence-corrected chi connectivity index (χ2v) is 7.41. The maximum Gasteiger partial charge on any atom is 0.182 e. The van der Waals surface area contributed by atoms with Crippen LogP contribution in [-0.2, 0) is 0 Å². The van der Waals surface area contributed by atoms with Crippen LogP contribution in [0.25, 0.3) is 0 Å². The first-order valence-electron chi connectivity index (χ1n) is 7.36. The third-order valence-electron chi connectivity index (χ3n) is 4.02. The Bertz CT molecular complexity index is 683. The number of thiocarbonyl (C=S) groups is 1. The van der Waals surface area contributed by atoms with Gasteiger partial charge in [0.2, 0.25) is 0 Å². The third kappa shape index (κ3) is 3.34. The molecule has 2 rings (SSSR count). The van der Waals surface area contributed by atoms with Gasteiger partial charge in [-0.1, -0.05) is 0 Å². The topological polar surface area (TPSA) is 74.4 Å². The van der Waals surface area contributed by atoms with Crippen molar-refractivity contribution in [2.45, 2.75) is 32.2 Å². The van der Waals surface area contributed by atoms with Crippen molar-refractivity contribution in [3.8, 4) is 6.07 Å². The first-order chi connectivity index (χ1) is 10.8. The number of rotatable bonds is 5. The van der Waals surface area contributed by atoms with Crippen LogP contribution in [0, 0.1) is 20.3 Å². The van der Waals surface area contributed by atoms with Crippen molar-refractivity contribution in [2.24, 2.45) is 0 Å². The van der Waals surface area contributed by atoms with E-state index in [0.717, 1.165) is 22.1 Å². The number of hydrogen-bond donors (Lipinski definition) is 2. The number of nitrogens with one attached hydrogen (secondary N) is 1. The molecule has 0 amide bonds. The predicted octanol–water partition coefficient (Wildman–Crippen LogP) is 3.10. The molecule has 0 atom stereocenters. The van der Waals surface area contributed by atoms with Gasteiger partial charge in [-0.25, -0.2) is 0 Å². The Morgan fingerprint density at radius 2 is 2.09 bits per heavy atom. The zero-order chi connectivity index (χ0) is 17.2. The number of aliphatic hydroxyl groups is 1. The molecule has 23 heavy (non-hydrogen) atoms. The molecule has 1 fully saturated rings. The van der Waals surface area contributed by atoms with Crippen molar-refractivity contribution in [3.05, 3.63) is 27.3 Å². The molecule has 1 aromatic rings. The van der Waals surface area contributed by atoms with Crippen molar-refractivity contribution in [3.63, 3.8) is 0 Å². The van der Waals surface area contributed by atoms with Crippen LogP contribution in [0.5, 0.6) is 0 Å². The van der Waals surface area contributed by atoms with Gasteiger partial charge in [-0.2, -0.15) is 5.26 Å². The molecule has 5 nitrogen and oxygen atoms in total. The molecule has 7 heteroatoms. The van der Waals surface area contributed by atoms with Gasteiger partial charge in [-0.05, 0) is 79.7 Å². The standard InChI is InChI=1S/C16H19IN4OS/c1-16(2)14(19)21(15(23)20(16)7-3-4-8-22)12-6-5-11(10-18)13(17)9-12/h5-6,9,19,22H,3-4,7-8H2,1-2H3. The Hall–Kier alpha value is -1.24. The van der Waals surface area contributed by atoms with Gasteiger partial charge in [0.15, 0.2) is 5.11 Å². The van der Waals surface area contributed by atoms with E-state index in [1.54, 1.807) is 11.0 Å². The van der Waals surface area contributed by atoms with Crippen LogP contribution in [0.2, 0.25) is 0 Å². The third-order valence-corrected chi connectivity index (χ3v) is 5.32. The molecule has 0 saturated carbocycles. The van der Waals surface area contributed by atoms with Crippen molar-refractivity contribution in [1.82, 2.24) is 4.90 Å². The Kier molecular flexibility index (Phi) is 5.60. The van der Waals surface area contributed by atoms with E-state index in [9.17, 15) is 0 Å². The van der Waals surface area contributed by atoms with E-state index in [-0.39, 0.29) is 6.61 Å². The lowest BCUT2D eigenvalue weighted by Crippen LogP contribution is -2.44. The first kappa shape index (κ1) is 18.1. The van der Waals surface area contributed by atoms with Crippen molar-refractivity contribution in [2.75, 3.05) is 18.1 Å². The molecule has 1 aliphatic heterocycles. The van der Waals surface area contributed by atoms with E-state index in [1.165, 1.54) is 0 Å². The zero-order valence-electron chi connectivity index (χ0n) is 13.1. The minimum Gasteiger partial charge on any atom is -0.396 e. The molecular formula is C16H19IN4OS. The number of nitrogens with zero attached hydrogens (tertiary/aromatic N) is 3. The van der Waals surface area contributed by atoms with Gasteiger partial charge >= 0.3 is 0 Å². The SMILES string of the molecule is CC1(C)C(=N)N(c2ccc(C#N)c(I)c2)C(=S)N1CCCCO. The van der Waals surface area contributed by atoms with Crippen LogP contribution in [0.1, 0.15) is 32.3 Å². The number of amidine groups is 1. The fourth-order valence-electron chi connectivity index (χ4n) is 2.59. The second kappa shape index (κ2) is 7.11. The van der Waals surface area contributed by atoms with E-state index in [0.29, 0.717) is 23.1 Å². The summed E-state index contributed by atoms with van der Waals surface area (Å²) in [4.78, 5) is 3.79. The normalized spacial score (nSPS) is 16.8. The largest absolute Gasteiger partial charge is 0.396 e. The summed E-state index contributed by atoms with van der Waals surface area (Å²) in [5.74, 6) is 0.423. The fourth-order valence-corrected chi connectivity index (χ4v) is 3.72. The van der Waals surface area contributed by atoms with Gasteiger partial charge in [0.25, 0.3) is 0 Å². The van der Waals surface area contributed by atoms with E-state index >= 15 is 0 Å².